The number of benzene rings is 2. The number of nitrogens with one attached hydrogen (secondary N) is 1. The Morgan fingerprint density at radius 3 is 2.17 bits per heavy atom. The molecule has 0 radical (unpaired) electrons. The lowest BCUT2D eigenvalue weighted by molar-refractivity contribution is -0.116. The number of ketones is 1. The Kier molecular flexibility index (Phi) is 6.27. The van der Waals surface area contributed by atoms with Gasteiger partial charge < -0.3 is 5.32 Å². The van der Waals surface area contributed by atoms with Crippen molar-refractivity contribution in [1.29, 1.82) is 5.26 Å². The molecule has 0 atom stereocenters. The minimum absolute atomic E-state index is 0.0304. The molecule has 0 spiro atoms. The van der Waals surface area contributed by atoms with Gasteiger partial charge >= 0.3 is 0 Å². The molecule has 1 amide bonds. The first kappa shape index (κ1) is 17.4. The zero-order valence-electron chi connectivity index (χ0n) is 13.7. The fourth-order valence-electron chi connectivity index (χ4n) is 2.32. The van der Waals surface area contributed by atoms with Crippen molar-refractivity contribution in [2.24, 2.45) is 0 Å². The van der Waals surface area contributed by atoms with Crippen LogP contribution in [0.4, 0.5) is 5.69 Å². The highest BCUT2D eigenvalue weighted by molar-refractivity contribution is 6.00. The van der Waals surface area contributed by atoms with E-state index in [9.17, 15) is 9.59 Å². The molecule has 0 aromatic heterocycles. The van der Waals surface area contributed by atoms with Gasteiger partial charge in [-0.15, -0.1) is 0 Å². The Morgan fingerprint density at radius 2 is 1.58 bits per heavy atom. The zero-order chi connectivity index (χ0) is 17.4. The highest BCUT2D eigenvalue weighted by Gasteiger charge is 2.09. The average molecular weight is 320 g/mol. The number of carbonyl (C=O) groups is 2. The molecule has 1 N–H and O–H groups in total. The molecule has 0 fully saturated rings. The van der Waals surface area contributed by atoms with Crippen LogP contribution in [-0.4, -0.2) is 11.7 Å². The van der Waals surface area contributed by atoms with Crippen LogP contribution in [0.3, 0.4) is 0 Å². The summed E-state index contributed by atoms with van der Waals surface area (Å²) in [7, 11) is 0. The quantitative estimate of drug-likeness (QED) is 0.786. The van der Waals surface area contributed by atoms with Crippen LogP contribution in [0.25, 0.3) is 0 Å². The number of Topliss-reactive ketones (excluding diaryl/α,β-unsaturated/α-hetero) is 1. The van der Waals surface area contributed by atoms with Gasteiger partial charge in [-0.3, -0.25) is 9.59 Å². The van der Waals surface area contributed by atoms with Gasteiger partial charge in [-0.2, -0.15) is 5.26 Å². The Balaban J connectivity index is 1.83. The molecule has 0 bridgehead atoms. The normalized spacial score (nSPS) is 10.0. The Bertz CT molecular complexity index is 741. The van der Waals surface area contributed by atoms with Crippen molar-refractivity contribution in [2.45, 2.75) is 32.6 Å². The van der Waals surface area contributed by atoms with Gasteiger partial charge in [0.1, 0.15) is 0 Å². The minimum Gasteiger partial charge on any atom is -0.326 e. The molecule has 0 aliphatic carbocycles. The molecule has 0 heterocycles. The number of nitriles is 1. The smallest absolute Gasteiger partial charge is 0.224 e. The summed E-state index contributed by atoms with van der Waals surface area (Å²) in [6.07, 6.45) is 1.61. The van der Waals surface area contributed by atoms with E-state index in [4.69, 9.17) is 5.26 Å². The molecule has 4 nitrogen and oxygen atoms in total. The predicted molar refractivity (Wildman–Crippen MR) is 93.8 cm³/mol. The van der Waals surface area contributed by atoms with Crippen LogP contribution < -0.4 is 5.32 Å². The first-order chi connectivity index (χ1) is 11.6. The lowest BCUT2D eigenvalue weighted by Gasteiger charge is -2.06. The summed E-state index contributed by atoms with van der Waals surface area (Å²) in [5, 5.41) is 11.4. The predicted octanol–water partition coefficient (Wildman–Crippen LogP) is 3.92. The molecular weight excluding hydrogens is 300 g/mol. The van der Waals surface area contributed by atoms with E-state index in [0.29, 0.717) is 17.7 Å². The van der Waals surface area contributed by atoms with E-state index >= 15 is 0 Å². The van der Waals surface area contributed by atoms with Gasteiger partial charge in [-0.1, -0.05) is 43.3 Å². The summed E-state index contributed by atoms with van der Waals surface area (Å²) in [5.41, 5.74) is 3.40. The van der Waals surface area contributed by atoms with Gasteiger partial charge in [0.15, 0.2) is 5.78 Å². The molecule has 0 saturated carbocycles. The van der Waals surface area contributed by atoms with Gasteiger partial charge in [0.2, 0.25) is 5.91 Å². The van der Waals surface area contributed by atoms with Gasteiger partial charge in [0, 0.05) is 24.1 Å². The lowest BCUT2D eigenvalue weighted by atomic mass is 10.0. The van der Waals surface area contributed by atoms with E-state index in [0.717, 1.165) is 12.0 Å². The number of aryl methyl sites for hydroxylation is 1. The van der Waals surface area contributed by atoms with E-state index in [1.807, 2.05) is 24.3 Å². The third kappa shape index (κ3) is 5.06. The van der Waals surface area contributed by atoms with Crippen LogP contribution in [0.2, 0.25) is 0 Å². The second kappa shape index (κ2) is 8.64. The van der Waals surface area contributed by atoms with Gasteiger partial charge in [-0.25, -0.2) is 0 Å². The maximum atomic E-state index is 12.1. The van der Waals surface area contributed by atoms with Gasteiger partial charge in [0.25, 0.3) is 0 Å². The van der Waals surface area contributed by atoms with Crippen LogP contribution >= 0.6 is 0 Å². The summed E-state index contributed by atoms with van der Waals surface area (Å²) in [4.78, 5) is 24.1. The molecule has 4 heteroatoms. The van der Waals surface area contributed by atoms with Crippen LogP contribution in [0.15, 0.2) is 48.5 Å². The van der Waals surface area contributed by atoms with Crippen molar-refractivity contribution in [1.82, 2.24) is 0 Å². The molecule has 2 aromatic carbocycles. The van der Waals surface area contributed by atoms with Crippen molar-refractivity contribution >= 4 is 17.4 Å². The van der Waals surface area contributed by atoms with E-state index in [2.05, 4.69) is 18.3 Å². The first-order valence-corrected chi connectivity index (χ1v) is 8.00. The summed E-state index contributed by atoms with van der Waals surface area (Å²) in [6.45, 7) is 2.06. The molecule has 0 aliphatic rings. The molecule has 0 unspecified atom stereocenters. The SMILES string of the molecule is CCc1ccc(C(=O)CCC(=O)Nc2ccc(CC#N)cc2)cc1. The van der Waals surface area contributed by atoms with Crippen molar-refractivity contribution in [3.05, 3.63) is 65.2 Å². The largest absolute Gasteiger partial charge is 0.326 e. The first-order valence-electron chi connectivity index (χ1n) is 8.00. The number of rotatable bonds is 7. The Labute approximate surface area is 142 Å². The van der Waals surface area contributed by atoms with Crippen molar-refractivity contribution in [3.8, 4) is 6.07 Å². The molecule has 0 aliphatic heterocycles. The second-order valence-electron chi connectivity index (χ2n) is 5.55. The van der Waals surface area contributed by atoms with E-state index in [1.165, 1.54) is 5.56 Å². The monoisotopic (exact) mass is 320 g/mol. The van der Waals surface area contributed by atoms with E-state index in [1.54, 1.807) is 24.3 Å². The van der Waals surface area contributed by atoms with Crippen molar-refractivity contribution in [3.63, 3.8) is 0 Å². The van der Waals surface area contributed by atoms with Crippen LogP contribution in [0.1, 0.15) is 41.3 Å². The minimum atomic E-state index is -0.193. The highest BCUT2D eigenvalue weighted by Crippen LogP contribution is 2.12. The van der Waals surface area contributed by atoms with Crippen LogP contribution in [-0.2, 0) is 17.6 Å². The number of hydrogen-bond donors (Lipinski definition) is 1. The molecule has 2 aromatic rings. The van der Waals surface area contributed by atoms with Crippen LogP contribution in [0.5, 0.6) is 0 Å². The highest BCUT2D eigenvalue weighted by atomic mass is 16.2. The number of amides is 1. The second-order valence-corrected chi connectivity index (χ2v) is 5.55. The third-order valence-corrected chi connectivity index (χ3v) is 3.78. The van der Waals surface area contributed by atoms with E-state index < -0.39 is 0 Å². The van der Waals surface area contributed by atoms with Crippen molar-refractivity contribution < 1.29 is 9.59 Å². The maximum absolute atomic E-state index is 12.1. The summed E-state index contributed by atoms with van der Waals surface area (Å²) in [6, 6.07) is 16.7. The van der Waals surface area contributed by atoms with E-state index in [-0.39, 0.29) is 24.5 Å². The molecule has 0 saturated heterocycles. The fraction of sp³-hybridized carbons (Fsp3) is 0.250. The molecular formula is C20H20N2O2. The fourth-order valence-corrected chi connectivity index (χ4v) is 2.32. The summed E-state index contributed by atoms with van der Waals surface area (Å²) >= 11 is 0. The van der Waals surface area contributed by atoms with Gasteiger partial charge in [0.05, 0.1) is 12.5 Å². The standard InChI is InChI=1S/C20H20N2O2/c1-2-15-3-7-17(8-4-15)19(23)11-12-20(24)22-18-9-5-16(6-10-18)13-14-21/h3-10H,2,11-13H2,1H3,(H,22,24). The molecule has 122 valence electrons. The van der Waals surface area contributed by atoms with Crippen molar-refractivity contribution in [2.75, 3.05) is 5.32 Å². The van der Waals surface area contributed by atoms with Crippen LogP contribution in [0, 0.1) is 11.3 Å². The number of hydrogen-bond acceptors (Lipinski definition) is 3. The number of anilines is 1. The van der Waals surface area contributed by atoms with Gasteiger partial charge in [-0.05, 0) is 29.7 Å². The zero-order valence-corrected chi connectivity index (χ0v) is 13.7. The topological polar surface area (TPSA) is 70.0 Å². The number of carbonyl (C=O) groups excluding carboxylic acids is 2. The average Bonchev–Trinajstić information content (AvgIpc) is 2.61. The Hall–Kier alpha value is -2.93. The third-order valence-electron chi connectivity index (χ3n) is 3.78. The lowest BCUT2D eigenvalue weighted by Crippen LogP contribution is -2.13. The summed E-state index contributed by atoms with van der Waals surface area (Å²) < 4.78 is 0. The number of nitrogens with zero attached hydrogens (tertiary/aromatic N) is 1. The Morgan fingerprint density at radius 1 is 0.958 bits per heavy atom. The molecule has 2 rings (SSSR count). The summed E-state index contributed by atoms with van der Waals surface area (Å²) in [5.74, 6) is -0.223. The maximum Gasteiger partial charge on any atom is 0.224 e. The molecule has 24 heavy (non-hydrogen) atoms.